The van der Waals surface area contributed by atoms with Crippen molar-refractivity contribution >= 4 is 10.0 Å². The summed E-state index contributed by atoms with van der Waals surface area (Å²) in [5, 5.41) is 2.96. The molecule has 3 N–H and O–H groups in total. The zero-order valence-electron chi connectivity index (χ0n) is 12.2. The second kappa shape index (κ2) is 9.12. The van der Waals surface area contributed by atoms with Gasteiger partial charge in [0.25, 0.3) is 0 Å². The van der Waals surface area contributed by atoms with Crippen LogP contribution in [0.15, 0.2) is 17.2 Å². The predicted octanol–water partition coefficient (Wildman–Crippen LogP) is 1.22. The lowest BCUT2D eigenvalue weighted by Gasteiger charge is -2.05. The Morgan fingerprint density at radius 1 is 1.30 bits per heavy atom. The predicted molar refractivity (Wildman–Crippen MR) is 79.1 cm³/mol. The fraction of sp³-hybridized carbons (Fsp3) is 0.692. The number of nitrogens with one attached hydrogen (secondary N) is 3. The van der Waals surface area contributed by atoms with E-state index in [1.807, 2.05) is 7.05 Å². The van der Waals surface area contributed by atoms with E-state index >= 15 is 0 Å². The van der Waals surface area contributed by atoms with Gasteiger partial charge in [-0.1, -0.05) is 13.3 Å². The number of aromatic nitrogens is 1. The van der Waals surface area contributed by atoms with Crippen LogP contribution in [0.4, 0.5) is 0 Å². The molecule has 1 aromatic heterocycles. The van der Waals surface area contributed by atoms with Crippen LogP contribution in [0.3, 0.4) is 0 Å². The van der Waals surface area contributed by atoms with Gasteiger partial charge in [-0.2, -0.15) is 0 Å². The highest BCUT2D eigenvalue weighted by molar-refractivity contribution is 7.89. The minimum absolute atomic E-state index is 0.273. The molecule has 0 saturated heterocycles. The molecule has 1 heterocycles. The van der Waals surface area contributed by atoms with Gasteiger partial charge in [0.1, 0.15) is 0 Å². The maximum absolute atomic E-state index is 12.0. The van der Waals surface area contributed by atoms with E-state index in [1.54, 1.807) is 6.07 Å². The lowest BCUT2D eigenvalue weighted by molar-refractivity contribution is 0.130. The van der Waals surface area contributed by atoms with Crippen LogP contribution in [-0.2, 0) is 21.3 Å². The van der Waals surface area contributed by atoms with Crippen molar-refractivity contribution in [1.29, 1.82) is 0 Å². The van der Waals surface area contributed by atoms with Crippen LogP contribution in [-0.4, -0.2) is 40.2 Å². The molecule has 0 aliphatic rings. The molecule has 0 unspecified atom stereocenters. The largest absolute Gasteiger partial charge is 0.381 e. The fourth-order valence-electron chi connectivity index (χ4n) is 1.68. The van der Waals surface area contributed by atoms with Gasteiger partial charge in [0, 0.05) is 38.2 Å². The van der Waals surface area contributed by atoms with Crippen molar-refractivity contribution in [3.63, 3.8) is 0 Å². The molecular weight excluding hydrogens is 278 g/mol. The summed E-state index contributed by atoms with van der Waals surface area (Å²) in [6, 6.07) is 1.64. The van der Waals surface area contributed by atoms with Crippen molar-refractivity contribution in [2.24, 2.45) is 0 Å². The van der Waals surface area contributed by atoms with E-state index in [2.05, 4.69) is 21.9 Å². The van der Waals surface area contributed by atoms with Gasteiger partial charge in [0.2, 0.25) is 10.0 Å². The van der Waals surface area contributed by atoms with Crippen molar-refractivity contribution < 1.29 is 13.2 Å². The Balaban J connectivity index is 2.30. The first-order valence-electron chi connectivity index (χ1n) is 6.99. The second-order valence-electron chi connectivity index (χ2n) is 4.61. The number of rotatable bonds is 11. The highest BCUT2D eigenvalue weighted by Gasteiger charge is 2.14. The van der Waals surface area contributed by atoms with Crippen molar-refractivity contribution in [3.05, 3.63) is 18.0 Å². The zero-order valence-corrected chi connectivity index (χ0v) is 13.1. The van der Waals surface area contributed by atoms with E-state index in [4.69, 9.17) is 4.74 Å². The molecule has 0 bridgehead atoms. The maximum atomic E-state index is 12.0. The van der Waals surface area contributed by atoms with Gasteiger partial charge in [-0.3, -0.25) is 0 Å². The molecule has 0 aromatic carbocycles. The Hall–Kier alpha value is -0.890. The van der Waals surface area contributed by atoms with Crippen molar-refractivity contribution in [1.82, 2.24) is 15.0 Å². The SMILES string of the molecule is CCCCOCCCNS(=O)(=O)c1c[nH]c(CNC)c1. The maximum Gasteiger partial charge on any atom is 0.242 e. The number of sulfonamides is 1. The summed E-state index contributed by atoms with van der Waals surface area (Å²) >= 11 is 0. The number of hydrogen-bond acceptors (Lipinski definition) is 4. The number of hydrogen-bond donors (Lipinski definition) is 3. The summed E-state index contributed by atoms with van der Waals surface area (Å²) < 4.78 is 31.9. The molecule has 0 radical (unpaired) electrons. The van der Waals surface area contributed by atoms with E-state index in [-0.39, 0.29) is 4.90 Å². The lowest BCUT2D eigenvalue weighted by atomic mass is 10.4. The van der Waals surface area contributed by atoms with E-state index in [1.165, 1.54) is 6.20 Å². The quantitative estimate of drug-likeness (QED) is 0.537. The Bertz CT molecular complexity index is 471. The van der Waals surface area contributed by atoms with Gasteiger partial charge in [0.05, 0.1) is 4.90 Å². The summed E-state index contributed by atoms with van der Waals surface area (Å²) in [4.78, 5) is 3.20. The molecule has 1 rings (SSSR count). The molecule has 0 fully saturated rings. The minimum atomic E-state index is -3.42. The Morgan fingerprint density at radius 3 is 2.75 bits per heavy atom. The highest BCUT2D eigenvalue weighted by Crippen LogP contribution is 2.10. The van der Waals surface area contributed by atoms with Gasteiger partial charge in [-0.05, 0) is 26.0 Å². The highest BCUT2D eigenvalue weighted by atomic mass is 32.2. The Kier molecular flexibility index (Phi) is 7.83. The van der Waals surface area contributed by atoms with Gasteiger partial charge >= 0.3 is 0 Å². The monoisotopic (exact) mass is 303 g/mol. The van der Waals surface area contributed by atoms with Crippen molar-refractivity contribution in [2.45, 2.75) is 37.6 Å². The first kappa shape index (κ1) is 17.2. The third-order valence-corrected chi connectivity index (χ3v) is 4.23. The molecule has 7 heteroatoms. The number of aromatic amines is 1. The second-order valence-corrected chi connectivity index (χ2v) is 6.38. The molecule has 0 saturated carbocycles. The summed E-state index contributed by atoms with van der Waals surface area (Å²) in [6.07, 6.45) is 4.34. The average Bonchev–Trinajstić information content (AvgIpc) is 2.88. The molecule has 0 amide bonds. The number of H-pyrrole nitrogens is 1. The van der Waals surface area contributed by atoms with Crippen LogP contribution >= 0.6 is 0 Å². The molecule has 6 nitrogen and oxygen atoms in total. The van der Waals surface area contributed by atoms with E-state index in [0.29, 0.717) is 26.1 Å². The van der Waals surface area contributed by atoms with E-state index in [0.717, 1.165) is 25.1 Å². The summed E-state index contributed by atoms with van der Waals surface area (Å²) in [5.74, 6) is 0. The van der Waals surface area contributed by atoms with Crippen LogP contribution in [0.1, 0.15) is 31.9 Å². The van der Waals surface area contributed by atoms with Crippen LogP contribution in [0.5, 0.6) is 0 Å². The van der Waals surface area contributed by atoms with Crippen LogP contribution in [0, 0.1) is 0 Å². The molecular formula is C13H25N3O3S. The third-order valence-electron chi connectivity index (χ3n) is 2.79. The number of ether oxygens (including phenoxy) is 1. The van der Waals surface area contributed by atoms with Crippen LogP contribution in [0.2, 0.25) is 0 Å². The first-order chi connectivity index (χ1) is 9.60. The fourth-order valence-corrected chi connectivity index (χ4v) is 2.77. The van der Waals surface area contributed by atoms with Gasteiger partial charge < -0.3 is 15.0 Å². The van der Waals surface area contributed by atoms with E-state index in [9.17, 15) is 8.42 Å². The Morgan fingerprint density at radius 2 is 2.05 bits per heavy atom. The van der Waals surface area contributed by atoms with Crippen LogP contribution in [0.25, 0.3) is 0 Å². The molecule has 20 heavy (non-hydrogen) atoms. The van der Waals surface area contributed by atoms with Gasteiger partial charge in [-0.25, -0.2) is 13.1 Å². The number of unbranched alkanes of at least 4 members (excludes halogenated alkanes) is 1. The summed E-state index contributed by atoms with van der Waals surface area (Å²) in [6.45, 7) is 4.44. The molecule has 1 aromatic rings. The van der Waals surface area contributed by atoms with Crippen molar-refractivity contribution in [2.75, 3.05) is 26.8 Å². The molecule has 0 aliphatic carbocycles. The molecule has 0 aliphatic heterocycles. The summed E-state index contributed by atoms with van der Waals surface area (Å²) in [5.41, 5.74) is 0.843. The Labute approximate surface area is 121 Å². The molecule has 0 atom stereocenters. The topological polar surface area (TPSA) is 83.2 Å². The summed E-state index contributed by atoms with van der Waals surface area (Å²) in [7, 11) is -1.61. The zero-order chi connectivity index (χ0) is 14.8. The third kappa shape index (κ3) is 6.04. The van der Waals surface area contributed by atoms with Gasteiger partial charge in [0.15, 0.2) is 0 Å². The standard InChI is InChI=1S/C13H25N3O3S/c1-3-4-7-19-8-5-6-16-20(17,18)13-9-12(10-14-2)15-11-13/h9,11,14-16H,3-8,10H2,1-2H3. The average molecular weight is 303 g/mol. The molecule has 0 spiro atoms. The lowest BCUT2D eigenvalue weighted by Crippen LogP contribution is -2.25. The smallest absolute Gasteiger partial charge is 0.242 e. The van der Waals surface area contributed by atoms with E-state index < -0.39 is 10.0 Å². The van der Waals surface area contributed by atoms with Crippen molar-refractivity contribution in [3.8, 4) is 0 Å². The first-order valence-corrected chi connectivity index (χ1v) is 8.47. The normalized spacial score (nSPS) is 11.9. The minimum Gasteiger partial charge on any atom is -0.381 e. The van der Waals surface area contributed by atoms with Gasteiger partial charge in [-0.15, -0.1) is 0 Å². The molecule has 116 valence electrons. The van der Waals surface area contributed by atoms with Crippen LogP contribution < -0.4 is 10.0 Å².